The smallest absolute Gasteiger partial charge is 0.213 e. The number of hydrogen-bond acceptors (Lipinski definition) is 4. The second-order valence-electron chi connectivity index (χ2n) is 5.41. The van der Waals surface area contributed by atoms with E-state index in [1.807, 2.05) is 36.4 Å². The zero-order valence-electron chi connectivity index (χ0n) is 13.4. The molecule has 0 amide bonds. The molecule has 0 saturated carbocycles. The van der Waals surface area contributed by atoms with E-state index in [4.69, 9.17) is 4.74 Å². The first-order valence-corrected chi connectivity index (χ1v) is 9.29. The number of rotatable bonds is 4. The molecule has 1 aromatic heterocycles. The molecule has 3 aromatic rings. The van der Waals surface area contributed by atoms with Crippen LogP contribution in [0.3, 0.4) is 0 Å². The second kappa shape index (κ2) is 6.45. The molecule has 0 radical (unpaired) electrons. The highest BCUT2D eigenvalue weighted by atomic mass is 32.2. The lowest BCUT2D eigenvalue weighted by molar-refractivity contribution is 0.398. The standard InChI is InChI=1S/C19H17NO3S/c1-23-18-13-12-17(19(20-18)15-6-4-3-5-7-15)14-8-10-16(11-9-14)24(2,21)22/h3-13H,1-2H3. The van der Waals surface area contributed by atoms with Gasteiger partial charge in [-0.15, -0.1) is 0 Å². The Kier molecular flexibility index (Phi) is 4.36. The first kappa shape index (κ1) is 16.2. The molecule has 0 aliphatic rings. The molecule has 0 N–H and O–H groups in total. The number of benzene rings is 2. The van der Waals surface area contributed by atoms with Gasteiger partial charge in [0, 0.05) is 23.4 Å². The molecule has 2 aromatic carbocycles. The van der Waals surface area contributed by atoms with E-state index in [0.29, 0.717) is 10.8 Å². The fraction of sp³-hybridized carbons (Fsp3) is 0.105. The summed E-state index contributed by atoms with van der Waals surface area (Å²) in [6.45, 7) is 0. The van der Waals surface area contributed by atoms with E-state index in [1.165, 1.54) is 6.26 Å². The highest BCUT2D eigenvalue weighted by Gasteiger charge is 2.12. The van der Waals surface area contributed by atoms with Crippen molar-refractivity contribution in [2.45, 2.75) is 4.90 Å². The maximum Gasteiger partial charge on any atom is 0.213 e. The number of aromatic nitrogens is 1. The van der Waals surface area contributed by atoms with Crippen LogP contribution in [0.15, 0.2) is 71.6 Å². The SMILES string of the molecule is COc1ccc(-c2ccc(S(C)(=O)=O)cc2)c(-c2ccccc2)n1. The summed E-state index contributed by atoms with van der Waals surface area (Å²) in [6.07, 6.45) is 1.20. The molecule has 24 heavy (non-hydrogen) atoms. The van der Waals surface area contributed by atoms with Gasteiger partial charge in [0.15, 0.2) is 9.84 Å². The molecule has 0 atom stereocenters. The summed E-state index contributed by atoms with van der Waals surface area (Å²) in [5, 5.41) is 0. The number of pyridine rings is 1. The van der Waals surface area contributed by atoms with E-state index in [2.05, 4.69) is 4.98 Å². The predicted octanol–water partition coefficient (Wildman–Crippen LogP) is 3.83. The Bertz CT molecular complexity index is 950. The molecule has 0 unspecified atom stereocenters. The third kappa shape index (κ3) is 3.31. The number of methoxy groups -OCH3 is 1. The first-order valence-electron chi connectivity index (χ1n) is 7.40. The van der Waals surface area contributed by atoms with Crippen LogP contribution in [0.1, 0.15) is 0 Å². The van der Waals surface area contributed by atoms with Crippen LogP contribution < -0.4 is 4.74 Å². The van der Waals surface area contributed by atoms with Crippen molar-refractivity contribution < 1.29 is 13.2 Å². The van der Waals surface area contributed by atoms with E-state index >= 15 is 0 Å². The normalized spacial score (nSPS) is 11.2. The van der Waals surface area contributed by atoms with Crippen molar-refractivity contribution >= 4 is 9.84 Å². The van der Waals surface area contributed by atoms with Crippen molar-refractivity contribution in [2.24, 2.45) is 0 Å². The summed E-state index contributed by atoms with van der Waals surface area (Å²) in [4.78, 5) is 4.87. The van der Waals surface area contributed by atoms with Crippen LogP contribution in [0.4, 0.5) is 0 Å². The van der Waals surface area contributed by atoms with Gasteiger partial charge in [0.25, 0.3) is 0 Å². The molecule has 0 aliphatic heterocycles. The molecule has 0 spiro atoms. The Morgan fingerprint density at radius 1 is 0.833 bits per heavy atom. The van der Waals surface area contributed by atoms with E-state index in [0.717, 1.165) is 22.4 Å². The van der Waals surface area contributed by atoms with Gasteiger partial charge in [0.2, 0.25) is 5.88 Å². The lowest BCUT2D eigenvalue weighted by Gasteiger charge is -2.11. The Hall–Kier alpha value is -2.66. The maximum atomic E-state index is 11.6. The Morgan fingerprint density at radius 3 is 2.08 bits per heavy atom. The summed E-state index contributed by atoms with van der Waals surface area (Å²) < 4.78 is 28.5. The van der Waals surface area contributed by atoms with Gasteiger partial charge < -0.3 is 4.74 Å². The van der Waals surface area contributed by atoms with Crippen LogP contribution in [-0.4, -0.2) is 26.8 Å². The molecule has 0 fully saturated rings. The van der Waals surface area contributed by atoms with Crippen molar-refractivity contribution in [1.82, 2.24) is 4.98 Å². The lowest BCUT2D eigenvalue weighted by Crippen LogP contribution is -1.97. The fourth-order valence-corrected chi connectivity index (χ4v) is 3.12. The molecule has 4 nitrogen and oxygen atoms in total. The second-order valence-corrected chi connectivity index (χ2v) is 7.43. The maximum absolute atomic E-state index is 11.6. The van der Waals surface area contributed by atoms with Crippen molar-refractivity contribution in [3.8, 4) is 28.3 Å². The summed E-state index contributed by atoms with van der Waals surface area (Å²) in [5.41, 5.74) is 3.58. The van der Waals surface area contributed by atoms with Crippen LogP contribution in [0.25, 0.3) is 22.4 Å². The van der Waals surface area contributed by atoms with E-state index < -0.39 is 9.84 Å². The molecule has 1 heterocycles. The van der Waals surface area contributed by atoms with E-state index in [-0.39, 0.29) is 0 Å². The van der Waals surface area contributed by atoms with E-state index in [9.17, 15) is 8.42 Å². The quantitative estimate of drug-likeness (QED) is 0.725. The van der Waals surface area contributed by atoms with Crippen LogP contribution in [0.2, 0.25) is 0 Å². The van der Waals surface area contributed by atoms with Crippen LogP contribution in [-0.2, 0) is 9.84 Å². The number of hydrogen-bond donors (Lipinski definition) is 0. The third-order valence-electron chi connectivity index (χ3n) is 3.72. The lowest BCUT2D eigenvalue weighted by atomic mass is 9.99. The zero-order chi connectivity index (χ0) is 17.2. The van der Waals surface area contributed by atoms with Gasteiger partial charge in [0.1, 0.15) is 0 Å². The van der Waals surface area contributed by atoms with Crippen molar-refractivity contribution in [2.75, 3.05) is 13.4 Å². The first-order chi connectivity index (χ1) is 11.5. The van der Waals surface area contributed by atoms with Gasteiger partial charge in [-0.3, -0.25) is 0 Å². The van der Waals surface area contributed by atoms with Gasteiger partial charge in [-0.2, -0.15) is 0 Å². The Balaban J connectivity index is 2.14. The summed E-state index contributed by atoms with van der Waals surface area (Å²) in [5.74, 6) is 0.533. The highest BCUT2D eigenvalue weighted by molar-refractivity contribution is 7.90. The molecular formula is C19H17NO3S. The monoisotopic (exact) mass is 339 g/mol. The topological polar surface area (TPSA) is 56.3 Å². The average molecular weight is 339 g/mol. The molecule has 0 saturated heterocycles. The number of sulfone groups is 1. The number of ether oxygens (including phenoxy) is 1. The molecule has 5 heteroatoms. The van der Waals surface area contributed by atoms with Crippen LogP contribution in [0.5, 0.6) is 5.88 Å². The van der Waals surface area contributed by atoms with Crippen molar-refractivity contribution in [3.05, 3.63) is 66.7 Å². The summed E-state index contributed by atoms with van der Waals surface area (Å²) in [6, 6.07) is 20.4. The van der Waals surface area contributed by atoms with Crippen LogP contribution in [0, 0.1) is 0 Å². The minimum absolute atomic E-state index is 0.300. The Morgan fingerprint density at radius 2 is 1.50 bits per heavy atom. The van der Waals surface area contributed by atoms with Crippen molar-refractivity contribution in [3.63, 3.8) is 0 Å². The largest absolute Gasteiger partial charge is 0.481 e. The zero-order valence-corrected chi connectivity index (χ0v) is 14.2. The summed E-state index contributed by atoms with van der Waals surface area (Å²) >= 11 is 0. The molecule has 0 bridgehead atoms. The van der Waals surface area contributed by atoms with E-state index in [1.54, 1.807) is 37.4 Å². The molecular weight excluding hydrogens is 322 g/mol. The molecule has 3 rings (SSSR count). The predicted molar refractivity (Wildman–Crippen MR) is 94.8 cm³/mol. The summed E-state index contributed by atoms with van der Waals surface area (Å²) in [7, 11) is -1.63. The molecule has 122 valence electrons. The van der Waals surface area contributed by atoms with Gasteiger partial charge >= 0.3 is 0 Å². The van der Waals surface area contributed by atoms with Gasteiger partial charge in [-0.05, 0) is 23.8 Å². The molecule has 0 aliphatic carbocycles. The Labute approximate surface area is 141 Å². The fourth-order valence-electron chi connectivity index (χ4n) is 2.49. The average Bonchev–Trinajstić information content (AvgIpc) is 2.61. The number of nitrogens with zero attached hydrogens (tertiary/aromatic N) is 1. The van der Waals surface area contributed by atoms with Crippen molar-refractivity contribution in [1.29, 1.82) is 0 Å². The third-order valence-corrected chi connectivity index (χ3v) is 4.85. The van der Waals surface area contributed by atoms with Gasteiger partial charge in [0.05, 0.1) is 17.7 Å². The van der Waals surface area contributed by atoms with Gasteiger partial charge in [-0.25, -0.2) is 13.4 Å². The minimum atomic E-state index is -3.21. The van der Waals surface area contributed by atoms with Gasteiger partial charge in [-0.1, -0.05) is 42.5 Å². The highest BCUT2D eigenvalue weighted by Crippen LogP contribution is 2.32. The minimum Gasteiger partial charge on any atom is -0.481 e. The van der Waals surface area contributed by atoms with Crippen LogP contribution >= 0.6 is 0 Å².